The Morgan fingerprint density at radius 1 is 0.333 bits per heavy atom. The summed E-state index contributed by atoms with van der Waals surface area (Å²) in [7, 11) is 0. The van der Waals surface area contributed by atoms with Gasteiger partial charge in [-0.3, -0.25) is 14.4 Å². The number of carbonyl (C=O) groups is 3. The lowest BCUT2D eigenvalue weighted by atomic mass is 10.1. The lowest BCUT2D eigenvalue weighted by Gasteiger charge is -2.18. The number of unbranched alkanes of at least 4 members (excludes halogenated alkanes) is 18. The summed E-state index contributed by atoms with van der Waals surface area (Å²) >= 11 is 0. The molecular formula is C60H94O6. The molecule has 0 saturated carbocycles. The Hall–Kier alpha value is -4.45. The Morgan fingerprint density at radius 2 is 0.667 bits per heavy atom. The molecule has 0 radical (unpaired) electrons. The van der Waals surface area contributed by atoms with Crippen LogP contribution in [0.3, 0.4) is 0 Å². The summed E-state index contributed by atoms with van der Waals surface area (Å²) in [6.45, 7) is 6.28. The zero-order valence-electron chi connectivity index (χ0n) is 42.1. The molecule has 0 heterocycles. The summed E-state index contributed by atoms with van der Waals surface area (Å²) in [5.41, 5.74) is 0. The van der Waals surface area contributed by atoms with E-state index in [0.717, 1.165) is 103 Å². The van der Waals surface area contributed by atoms with Crippen molar-refractivity contribution in [2.75, 3.05) is 13.2 Å². The molecule has 370 valence electrons. The SMILES string of the molecule is CC\C=C/C=C\C=C/C=C\C=C\C=C/C=C\CCCCCC(=O)OCC(COC(=O)CCCCCC/C=C\C/C=C\C/C=C\CC)OC(=O)CCCCCCCCC/C=C\CCCCCC. The summed E-state index contributed by atoms with van der Waals surface area (Å²) in [6, 6.07) is 0. The maximum absolute atomic E-state index is 12.8. The average Bonchev–Trinajstić information content (AvgIpc) is 3.31. The Morgan fingerprint density at radius 3 is 1.14 bits per heavy atom. The number of carbonyl (C=O) groups excluding carboxylic acids is 3. The second-order valence-electron chi connectivity index (χ2n) is 16.8. The first-order chi connectivity index (χ1) is 32.5. The molecule has 0 saturated heterocycles. The highest BCUT2D eigenvalue weighted by Gasteiger charge is 2.19. The molecule has 0 aliphatic carbocycles. The van der Waals surface area contributed by atoms with E-state index >= 15 is 0 Å². The molecule has 0 aliphatic heterocycles. The first-order valence-corrected chi connectivity index (χ1v) is 26.3. The smallest absolute Gasteiger partial charge is 0.306 e. The van der Waals surface area contributed by atoms with Crippen LogP contribution in [0.4, 0.5) is 0 Å². The number of rotatable bonds is 45. The van der Waals surface area contributed by atoms with Crippen molar-refractivity contribution in [3.8, 4) is 0 Å². The van der Waals surface area contributed by atoms with Gasteiger partial charge in [-0.2, -0.15) is 0 Å². The Balaban J connectivity index is 4.55. The van der Waals surface area contributed by atoms with Gasteiger partial charge in [0, 0.05) is 19.3 Å². The molecule has 0 N–H and O–H groups in total. The monoisotopic (exact) mass is 911 g/mol. The summed E-state index contributed by atoms with van der Waals surface area (Å²) in [4.78, 5) is 38.0. The Kier molecular flexibility index (Phi) is 49.6. The van der Waals surface area contributed by atoms with Crippen LogP contribution >= 0.6 is 0 Å². The third-order valence-electron chi connectivity index (χ3n) is 10.6. The predicted molar refractivity (Wildman–Crippen MR) is 283 cm³/mol. The summed E-state index contributed by atoms with van der Waals surface area (Å²) in [5, 5.41) is 0. The van der Waals surface area contributed by atoms with Crippen LogP contribution in [0.2, 0.25) is 0 Å². The predicted octanol–water partition coefficient (Wildman–Crippen LogP) is 17.5. The van der Waals surface area contributed by atoms with Crippen molar-refractivity contribution < 1.29 is 28.6 Å². The molecule has 0 fully saturated rings. The van der Waals surface area contributed by atoms with Gasteiger partial charge in [-0.25, -0.2) is 0 Å². The van der Waals surface area contributed by atoms with Crippen molar-refractivity contribution in [3.63, 3.8) is 0 Å². The van der Waals surface area contributed by atoms with E-state index in [-0.39, 0.29) is 31.1 Å². The zero-order valence-corrected chi connectivity index (χ0v) is 42.1. The summed E-state index contributed by atoms with van der Waals surface area (Å²) < 4.78 is 16.8. The standard InChI is InChI=1S/C60H94O6/c1-4-7-10-13-16-19-22-25-28-29-30-31-33-35-38-41-44-47-50-53-59(62)65-56-57(55-64-58(61)52-49-46-43-40-37-34-27-24-21-18-15-12-9-6-3)66-60(63)54-51-48-45-42-39-36-32-26-23-20-17-14-11-8-5-2/h7,9-10,12-13,16,18-23,25,27-31,33-35,38,57H,4-6,8,11,14-15,17,24,26,32,36-37,39-56H2,1-3H3/b10-7-,12-9-,16-13-,21-18-,22-19-,23-20-,28-25-,30-29+,33-31-,34-27-,38-35-. The van der Waals surface area contributed by atoms with Crippen LogP contribution in [-0.2, 0) is 28.6 Å². The molecule has 0 rings (SSSR count). The van der Waals surface area contributed by atoms with E-state index in [9.17, 15) is 14.4 Å². The van der Waals surface area contributed by atoms with Crippen LogP contribution in [0, 0.1) is 0 Å². The van der Waals surface area contributed by atoms with Gasteiger partial charge < -0.3 is 14.2 Å². The third kappa shape index (κ3) is 50.5. The van der Waals surface area contributed by atoms with Crippen molar-refractivity contribution in [1.82, 2.24) is 0 Å². The Labute approximate surface area is 405 Å². The van der Waals surface area contributed by atoms with Crippen LogP contribution < -0.4 is 0 Å². The minimum atomic E-state index is -0.813. The number of hydrogen-bond donors (Lipinski definition) is 0. The first-order valence-electron chi connectivity index (χ1n) is 26.3. The molecule has 0 aromatic heterocycles. The fourth-order valence-electron chi connectivity index (χ4n) is 6.67. The summed E-state index contributed by atoms with van der Waals surface area (Å²) in [5.74, 6) is -0.990. The van der Waals surface area contributed by atoms with Crippen LogP contribution in [0.15, 0.2) is 134 Å². The quantitative estimate of drug-likeness (QED) is 0.0199. The van der Waals surface area contributed by atoms with Gasteiger partial charge >= 0.3 is 17.9 Å². The van der Waals surface area contributed by atoms with Gasteiger partial charge in [0.2, 0.25) is 0 Å². The van der Waals surface area contributed by atoms with Gasteiger partial charge in [-0.1, -0.05) is 225 Å². The van der Waals surface area contributed by atoms with E-state index in [1.807, 2.05) is 72.9 Å². The molecular weight excluding hydrogens is 817 g/mol. The van der Waals surface area contributed by atoms with Gasteiger partial charge in [0.1, 0.15) is 13.2 Å². The largest absolute Gasteiger partial charge is 0.462 e. The second-order valence-corrected chi connectivity index (χ2v) is 16.8. The Bertz CT molecular complexity index is 1460. The lowest BCUT2D eigenvalue weighted by molar-refractivity contribution is -0.167. The molecule has 0 spiro atoms. The number of allylic oxidation sites excluding steroid dienone is 22. The first kappa shape index (κ1) is 61.5. The normalized spacial score (nSPS) is 13.2. The minimum Gasteiger partial charge on any atom is -0.462 e. The molecule has 0 amide bonds. The second kappa shape index (κ2) is 53.2. The van der Waals surface area contributed by atoms with Gasteiger partial charge in [0.05, 0.1) is 0 Å². The molecule has 0 aliphatic rings. The molecule has 0 aromatic carbocycles. The van der Waals surface area contributed by atoms with Crippen molar-refractivity contribution in [2.45, 2.75) is 213 Å². The van der Waals surface area contributed by atoms with Crippen molar-refractivity contribution in [1.29, 1.82) is 0 Å². The van der Waals surface area contributed by atoms with Gasteiger partial charge in [0.15, 0.2) is 6.10 Å². The van der Waals surface area contributed by atoms with Crippen molar-refractivity contribution in [3.05, 3.63) is 134 Å². The highest BCUT2D eigenvalue weighted by Crippen LogP contribution is 2.13. The molecule has 0 aromatic rings. The van der Waals surface area contributed by atoms with Gasteiger partial charge in [0.25, 0.3) is 0 Å². The van der Waals surface area contributed by atoms with Gasteiger partial charge in [-0.15, -0.1) is 0 Å². The van der Waals surface area contributed by atoms with E-state index in [2.05, 4.69) is 81.5 Å². The molecule has 66 heavy (non-hydrogen) atoms. The number of ether oxygens (including phenoxy) is 3. The van der Waals surface area contributed by atoms with E-state index in [1.165, 1.54) is 64.2 Å². The minimum absolute atomic E-state index is 0.111. The topological polar surface area (TPSA) is 78.9 Å². The fourth-order valence-corrected chi connectivity index (χ4v) is 6.67. The van der Waals surface area contributed by atoms with Crippen LogP contribution in [0.1, 0.15) is 207 Å². The highest BCUT2D eigenvalue weighted by atomic mass is 16.6. The molecule has 1 atom stereocenters. The van der Waals surface area contributed by atoms with E-state index in [0.29, 0.717) is 19.3 Å². The van der Waals surface area contributed by atoms with Crippen molar-refractivity contribution >= 4 is 17.9 Å². The summed E-state index contributed by atoms with van der Waals surface area (Å²) in [6.07, 6.45) is 74.3. The molecule has 0 bridgehead atoms. The van der Waals surface area contributed by atoms with Crippen LogP contribution in [-0.4, -0.2) is 37.2 Å². The van der Waals surface area contributed by atoms with Crippen LogP contribution in [0.5, 0.6) is 0 Å². The fraction of sp³-hybridized carbons (Fsp3) is 0.583. The van der Waals surface area contributed by atoms with E-state index in [1.54, 1.807) is 0 Å². The molecule has 6 heteroatoms. The van der Waals surface area contributed by atoms with Crippen molar-refractivity contribution in [2.24, 2.45) is 0 Å². The number of hydrogen-bond acceptors (Lipinski definition) is 6. The third-order valence-corrected chi connectivity index (χ3v) is 10.6. The number of esters is 3. The van der Waals surface area contributed by atoms with E-state index < -0.39 is 6.10 Å². The average molecular weight is 911 g/mol. The molecule has 1 unspecified atom stereocenters. The van der Waals surface area contributed by atoms with E-state index in [4.69, 9.17) is 14.2 Å². The lowest BCUT2D eigenvalue weighted by Crippen LogP contribution is -2.30. The maximum Gasteiger partial charge on any atom is 0.306 e. The molecule has 6 nitrogen and oxygen atoms in total. The zero-order chi connectivity index (χ0) is 47.9. The maximum atomic E-state index is 12.8. The van der Waals surface area contributed by atoms with Crippen LogP contribution in [0.25, 0.3) is 0 Å². The van der Waals surface area contributed by atoms with Gasteiger partial charge in [-0.05, 0) is 96.3 Å². The highest BCUT2D eigenvalue weighted by molar-refractivity contribution is 5.71.